The Morgan fingerprint density at radius 2 is 1.96 bits per heavy atom. The van der Waals surface area contributed by atoms with Gasteiger partial charge < -0.3 is 15.3 Å². The maximum atomic E-state index is 11.1. The molecule has 0 amide bonds. The van der Waals surface area contributed by atoms with Crippen molar-refractivity contribution in [2.45, 2.75) is 96.2 Å². The first-order valence-electron chi connectivity index (χ1n) is 10.1. The molecule has 3 N–H and O–H groups in total. The monoisotopic (exact) mass is 354 g/mol. The largest absolute Gasteiger partial charge is 0.393 e. The van der Waals surface area contributed by atoms with Crippen LogP contribution in [0.25, 0.3) is 0 Å². The number of hydrogen-bond donors (Lipinski definition) is 3. The van der Waals surface area contributed by atoms with Crippen molar-refractivity contribution in [3.05, 3.63) is 12.2 Å². The summed E-state index contributed by atoms with van der Waals surface area (Å²) in [5, 5.41) is 29.3. The summed E-state index contributed by atoms with van der Waals surface area (Å²) in [6, 6.07) is 0. The van der Waals surface area contributed by atoms with E-state index in [0.717, 1.165) is 57.8 Å². The Kier molecular flexibility index (Phi) is 10.6. The van der Waals surface area contributed by atoms with Crippen LogP contribution in [0, 0.1) is 11.8 Å². The van der Waals surface area contributed by atoms with Crippen molar-refractivity contribution in [1.82, 2.24) is 0 Å². The highest BCUT2D eigenvalue weighted by molar-refractivity contribution is 5.79. The number of ketones is 1. The summed E-state index contributed by atoms with van der Waals surface area (Å²) in [5.41, 5.74) is -0.648. The zero-order valence-corrected chi connectivity index (χ0v) is 16.1. The molecule has 0 bridgehead atoms. The molecule has 4 nitrogen and oxygen atoms in total. The molecule has 0 aliphatic heterocycles. The standard InChI is InChI=1S/C21H38O4/c1-3-4-14-21(2,25)15-8-11-19-17(12-13-20(19)24)9-6-5-7-10-18(23)16-22/h8,11,17,19-20,22,24-25H,3-7,9-10,12-16H2,1-2H3/t17-,19+,20+,21?/m0/s1. The first kappa shape index (κ1) is 22.3. The molecule has 1 rings (SSSR count). The molecular weight excluding hydrogens is 316 g/mol. The number of rotatable bonds is 13. The number of carbonyl (C=O) groups is 1. The molecular formula is C21H38O4. The molecule has 1 saturated carbocycles. The van der Waals surface area contributed by atoms with E-state index in [-0.39, 0.29) is 24.4 Å². The second kappa shape index (κ2) is 11.8. The fraction of sp³-hybridized carbons (Fsp3) is 0.857. The van der Waals surface area contributed by atoms with Crippen LogP contribution in [0.5, 0.6) is 0 Å². The van der Waals surface area contributed by atoms with Crippen molar-refractivity contribution >= 4 is 5.78 Å². The molecule has 0 radical (unpaired) electrons. The van der Waals surface area contributed by atoms with Crippen molar-refractivity contribution in [2.75, 3.05) is 6.61 Å². The van der Waals surface area contributed by atoms with Gasteiger partial charge in [-0.25, -0.2) is 0 Å². The van der Waals surface area contributed by atoms with Gasteiger partial charge in [-0.15, -0.1) is 0 Å². The molecule has 146 valence electrons. The predicted molar refractivity (Wildman–Crippen MR) is 101 cm³/mol. The zero-order valence-electron chi connectivity index (χ0n) is 16.1. The lowest BCUT2D eigenvalue weighted by Gasteiger charge is -2.22. The molecule has 0 heterocycles. The summed E-state index contributed by atoms with van der Waals surface area (Å²) in [6.07, 6.45) is 13.9. The summed E-state index contributed by atoms with van der Waals surface area (Å²) in [5.74, 6) is 0.619. The van der Waals surface area contributed by atoms with E-state index in [4.69, 9.17) is 5.11 Å². The van der Waals surface area contributed by atoms with Gasteiger partial charge in [-0.2, -0.15) is 0 Å². The van der Waals surface area contributed by atoms with Gasteiger partial charge in [0.25, 0.3) is 0 Å². The quantitative estimate of drug-likeness (QED) is 0.347. The van der Waals surface area contributed by atoms with Gasteiger partial charge in [0.1, 0.15) is 6.61 Å². The third-order valence-corrected chi connectivity index (χ3v) is 5.51. The van der Waals surface area contributed by atoms with E-state index in [1.807, 2.05) is 6.92 Å². The Balaban J connectivity index is 2.35. The third-order valence-electron chi connectivity index (χ3n) is 5.51. The van der Waals surface area contributed by atoms with Crippen LogP contribution < -0.4 is 0 Å². The highest BCUT2D eigenvalue weighted by Crippen LogP contribution is 2.37. The molecule has 1 fully saturated rings. The third kappa shape index (κ3) is 8.98. The Morgan fingerprint density at radius 1 is 1.20 bits per heavy atom. The van der Waals surface area contributed by atoms with Gasteiger partial charge in [-0.1, -0.05) is 44.8 Å². The van der Waals surface area contributed by atoms with Crippen molar-refractivity contribution in [3.8, 4) is 0 Å². The Bertz CT molecular complexity index is 403. The van der Waals surface area contributed by atoms with E-state index in [1.54, 1.807) is 0 Å². The average Bonchev–Trinajstić information content (AvgIpc) is 2.92. The van der Waals surface area contributed by atoms with Gasteiger partial charge in [-0.05, 0) is 51.4 Å². The topological polar surface area (TPSA) is 77.8 Å². The second-order valence-electron chi connectivity index (χ2n) is 8.01. The summed E-state index contributed by atoms with van der Waals surface area (Å²) < 4.78 is 0. The Hall–Kier alpha value is -0.710. The highest BCUT2D eigenvalue weighted by atomic mass is 16.3. The molecule has 0 aromatic carbocycles. The number of unbranched alkanes of at least 4 members (excludes halogenated alkanes) is 3. The van der Waals surface area contributed by atoms with Gasteiger partial charge in [-0.3, -0.25) is 4.79 Å². The molecule has 0 aromatic rings. The molecule has 4 heteroatoms. The van der Waals surface area contributed by atoms with Gasteiger partial charge in [0.15, 0.2) is 5.78 Å². The second-order valence-corrected chi connectivity index (χ2v) is 8.01. The predicted octanol–water partition coefficient (Wildman–Crippen LogP) is 3.77. The summed E-state index contributed by atoms with van der Waals surface area (Å²) in [7, 11) is 0. The zero-order chi connectivity index (χ0) is 18.7. The van der Waals surface area contributed by atoms with Crippen LogP contribution in [0.3, 0.4) is 0 Å². The molecule has 0 saturated heterocycles. The van der Waals surface area contributed by atoms with Crippen LogP contribution in [0.2, 0.25) is 0 Å². The highest BCUT2D eigenvalue weighted by Gasteiger charge is 2.32. The minimum absolute atomic E-state index is 0.0766. The lowest BCUT2D eigenvalue weighted by Crippen LogP contribution is -2.23. The number of carbonyl (C=O) groups excluding carboxylic acids is 1. The van der Waals surface area contributed by atoms with Crippen molar-refractivity contribution in [2.24, 2.45) is 11.8 Å². The molecule has 0 aromatic heterocycles. The molecule has 1 aliphatic rings. The summed E-state index contributed by atoms with van der Waals surface area (Å²) >= 11 is 0. The molecule has 1 aliphatic carbocycles. The average molecular weight is 355 g/mol. The maximum absolute atomic E-state index is 11.1. The van der Waals surface area contributed by atoms with Gasteiger partial charge in [0.2, 0.25) is 0 Å². The minimum atomic E-state index is -0.648. The van der Waals surface area contributed by atoms with Gasteiger partial charge >= 0.3 is 0 Å². The van der Waals surface area contributed by atoms with E-state index in [9.17, 15) is 15.0 Å². The molecule has 0 spiro atoms. The first-order valence-corrected chi connectivity index (χ1v) is 10.1. The number of aliphatic hydroxyl groups is 3. The van der Waals surface area contributed by atoms with E-state index >= 15 is 0 Å². The lowest BCUT2D eigenvalue weighted by atomic mass is 9.88. The van der Waals surface area contributed by atoms with Crippen molar-refractivity contribution < 1.29 is 20.1 Å². The van der Waals surface area contributed by atoms with Crippen molar-refractivity contribution in [1.29, 1.82) is 0 Å². The van der Waals surface area contributed by atoms with Crippen LogP contribution in [0.4, 0.5) is 0 Å². The number of Topliss-reactive ketones (excluding diaryl/α,β-unsaturated/α-hetero) is 1. The smallest absolute Gasteiger partial charge is 0.158 e. The van der Waals surface area contributed by atoms with Crippen LogP contribution in [-0.4, -0.2) is 39.4 Å². The van der Waals surface area contributed by atoms with E-state index in [1.165, 1.54) is 0 Å². The Morgan fingerprint density at radius 3 is 2.64 bits per heavy atom. The van der Waals surface area contributed by atoms with Crippen LogP contribution in [0.15, 0.2) is 12.2 Å². The van der Waals surface area contributed by atoms with Crippen molar-refractivity contribution in [3.63, 3.8) is 0 Å². The molecule has 4 atom stereocenters. The molecule has 25 heavy (non-hydrogen) atoms. The fourth-order valence-corrected chi connectivity index (χ4v) is 3.83. The Labute approximate surface area is 153 Å². The summed E-state index contributed by atoms with van der Waals surface area (Å²) in [6.45, 7) is 3.68. The maximum Gasteiger partial charge on any atom is 0.158 e. The van der Waals surface area contributed by atoms with Gasteiger partial charge in [0.05, 0.1) is 11.7 Å². The first-order chi connectivity index (χ1) is 11.9. The lowest BCUT2D eigenvalue weighted by molar-refractivity contribution is -0.121. The number of hydrogen-bond acceptors (Lipinski definition) is 4. The van der Waals surface area contributed by atoms with E-state index in [2.05, 4.69) is 19.1 Å². The summed E-state index contributed by atoms with van der Waals surface area (Å²) in [4.78, 5) is 11.1. The molecule has 1 unspecified atom stereocenters. The normalized spacial score (nSPS) is 26.2. The van der Waals surface area contributed by atoms with Crippen LogP contribution in [0.1, 0.15) is 84.5 Å². The van der Waals surface area contributed by atoms with E-state index < -0.39 is 5.60 Å². The fourth-order valence-electron chi connectivity index (χ4n) is 3.83. The van der Waals surface area contributed by atoms with Crippen LogP contribution in [-0.2, 0) is 4.79 Å². The van der Waals surface area contributed by atoms with Gasteiger partial charge in [0, 0.05) is 12.3 Å². The number of aliphatic hydroxyl groups excluding tert-OH is 2. The SMILES string of the molecule is CCCCC(C)(O)CC=C[C@@H]1[C@@H](CCCCCC(=O)CO)CC[C@H]1O. The minimum Gasteiger partial charge on any atom is -0.393 e. The van der Waals surface area contributed by atoms with Crippen LogP contribution >= 0.6 is 0 Å². The van der Waals surface area contributed by atoms with E-state index in [0.29, 0.717) is 18.8 Å².